The molecule has 0 bridgehead atoms. The molecule has 0 aromatic heterocycles. The Labute approximate surface area is 113 Å². The summed E-state index contributed by atoms with van der Waals surface area (Å²) < 4.78 is 28.0. The van der Waals surface area contributed by atoms with Gasteiger partial charge in [-0.15, -0.1) is 4.40 Å². The van der Waals surface area contributed by atoms with Crippen LogP contribution in [-0.4, -0.2) is 38.8 Å². The lowest BCUT2D eigenvalue weighted by molar-refractivity contribution is 0.264. The predicted molar refractivity (Wildman–Crippen MR) is 73.5 cm³/mol. The molecule has 2 aliphatic rings. The zero-order valence-electron chi connectivity index (χ0n) is 10.6. The minimum absolute atomic E-state index is 0.319. The average molecular weight is 279 g/mol. The molecular formula is C13H17N3O2S. The van der Waals surface area contributed by atoms with Crippen LogP contribution in [0.15, 0.2) is 33.6 Å². The van der Waals surface area contributed by atoms with Gasteiger partial charge in [-0.05, 0) is 37.4 Å². The van der Waals surface area contributed by atoms with Gasteiger partial charge in [0.2, 0.25) is 0 Å². The maximum absolute atomic E-state index is 12.0. The fourth-order valence-electron chi connectivity index (χ4n) is 2.77. The van der Waals surface area contributed by atoms with Crippen LogP contribution in [0.1, 0.15) is 18.4 Å². The number of piperidine rings is 1. The molecule has 19 heavy (non-hydrogen) atoms. The minimum atomic E-state index is -3.51. The van der Waals surface area contributed by atoms with E-state index >= 15 is 0 Å². The quantitative estimate of drug-likeness (QED) is 0.825. The summed E-state index contributed by atoms with van der Waals surface area (Å²) in [5.41, 5.74) is 6.45. The number of fused-ring (bicyclic) bond motifs is 1. The summed E-state index contributed by atoms with van der Waals surface area (Å²) in [6.45, 7) is 2.27. The zero-order valence-corrected chi connectivity index (χ0v) is 11.4. The second-order valence-electron chi connectivity index (χ2n) is 5.08. The molecule has 1 aromatic rings. The summed E-state index contributed by atoms with van der Waals surface area (Å²) in [6.07, 6.45) is 2.14. The first-order valence-corrected chi connectivity index (χ1v) is 7.95. The normalized spacial score (nSPS) is 25.0. The number of nitrogens with two attached hydrogens (primary N) is 1. The summed E-state index contributed by atoms with van der Waals surface area (Å²) in [6, 6.07) is 7.02. The third kappa shape index (κ3) is 2.15. The van der Waals surface area contributed by atoms with Crippen molar-refractivity contribution < 1.29 is 8.42 Å². The standard InChI is InChI=1S/C13H17N3O2S/c14-8-10-4-3-7-16(9-10)13-11-5-1-2-6-12(11)19(17,18)15-13/h1-2,5-6,10H,3-4,7-9,14H2. The van der Waals surface area contributed by atoms with Crippen LogP contribution in [0.5, 0.6) is 0 Å². The fraction of sp³-hybridized carbons (Fsp3) is 0.462. The third-order valence-corrected chi connectivity index (χ3v) is 5.09. The molecular weight excluding hydrogens is 262 g/mol. The molecule has 0 spiro atoms. The van der Waals surface area contributed by atoms with Crippen LogP contribution in [0.2, 0.25) is 0 Å². The van der Waals surface area contributed by atoms with Crippen molar-refractivity contribution in [2.75, 3.05) is 19.6 Å². The molecule has 6 heteroatoms. The number of likely N-dealkylation sites (tertiary alicyclic amines) is 1. The largest absolute Gasteiger partial charge is 0.355 e. The van der Waals surface area contributed by atoms with E-state index in [1.54, 1.807) is 12.1 Å². The molecule has 0 saturated carbocycles. The maximum atomic E-state index is 12.0. The molecule has 3 rings (SSSR count). The molecule has 1 unspecified atom stereocenters. The van der Waals surface area contributed by atoms with Gasteiger partial charge in [-0.3, -0.25) is 0 Å². The van der Waals surface area contributed by atoms with Crippen molar-refractivity contribution in [3.8, 4) is 0 Å². The Morgan fingerprint density at radius 1 is 1.37 bits per heavy atom. The highest BCUT2D eigenvalue weighted by molar-refractivity contribution is 7.90. The van der Waals surface area contributed by atoms with Crippen LogP contribution in [0.25, 0.3) is 0 Å². The highest BCUT2D eigenvalue weighted by Crippen LogP contribution is 2.29. The SMILES string of the molecule is NCC1CCCN(C2=NS(=O)(=O)c3ccccc32)C1. The molecule has 5 nitrogen and oxygen atoms in total. The monoisotopic (exact) mass is 279 g/mol. The summed E-state index contributed by atoms with van der Waals surface area (Å²) in [5, 5.41) is 0. The van der Waals surface area contributed by atoms with Crippen LogP contribution in [0, 0.1) is 5.92 Å². The number of hydrogen-bond donors (Lipinski definition) is 1. The van der Waals surface area contributed by atoms with Gasteiger partial charge in [0, 0.05) is 18.7 Å². The number of hydrogen-bond acceptors (Lipinski definition) is 4. The van der Waals surface area contributed by atoms with Crippen molar-refractivity contribution in [1.29, 1.82) is 0 Å². The second-order valence-corrected chi connectivity index (χ2v) is 6.65. The predicted octanol–water partition coefficient (Wildman–Crippen LogP) is 0.806. The average Bonchev–Trinajstić information content (AvgIpc) is 2.72. The smallest absolute Gasteiger partial charge is 0.285 e. The Balaban J connectivity index is 1.98. The summed E-state index contributed by atoms with van der Waals surface area (Å²) in [5.74, 6) is 1.01. The number of benzene rings is 1. The van der Waals surface area contributed by atoms with E-state index in [2.05, 4.69) is 9.30 Å². The van der Waals surface area contributed by atoms with E-state index in [9.17, 15) is 8.42 Å². The highest BCUT2D eigenvalue weighted by atomic mass is 32.2. The highest BCUT2D eigenvalue weighted by Gasteiger charge is 2.33. The van der Waals surface area contributed by atoms with Crippen molar-refractivity contribution in [3.63, 3.8) is 0 Å². The lowest BCUT2D eigenvalue weighted by Gasteiger charge is -2.33. The van der Waals surface area contributed by atoms with Gasteiger partial charge in [-0.2, -0.15) is 8.42 Å². The van der Waals surface area contributed by atoms with Crippen molar-refractivity contribution in [3.05, 3.63) is 29.8 Å². The van der Waals surface area contributed by atoms with E-state index < -0.39 is 10.0 Å². The lowest BCUT2D eigenvalue weighted by atomic mass is 9.97. The molecule has 0 amide bonds. The second kappa shape index (κ2) is 4.61. The summed E-state index contributed by atoms with van der Waals surface area (Å²) >= 11 is 0. The molecule has 1 aromatic carbocycles. The van der Waals surface area contributed by atoms with Gasteiger partial charge in [-0.1, -0.05) is 12.1 Å². The van der Waals surface area contributed by atoms with Gasteiger partial charge in [-0.25, -0.2) is 0 Å². The van der Waals surface area contributed by atoms with Gasteiger partial charge in [0.25, 0.3) is 10.0 Å². The Kier molecular flexibility index (Phi) is 3.06. The summed E-state index contributed by atoms with van der Waals surface area (Å²) in [4.78, 5) is 2.38. The van der Waals surface area contributed by atoms with Gasteiger partial charge < -0.3 is 10.6 Å². The first kappa shape index (κ1) is 12.6. The molecule has 1 atom stereocenters. The van der Waals surface area contributed by atoms with E-state index in [1.807, 2.05) is 12.1 Å². The van der Waals surface area contributed by atoms with E-state index in [0.29, 0.717) is 23.2 Å². The number of sulfonamides is 1. The lowest BCUT2D eigenvalue weighted by Crippen LogP contribution is -2.42. The van der Waals surface area contributed by atoms with Crippen LogP contribution in [-0.2, 0) is 10.0 Å². The van der Waals surface area contributed by atoms with Crippen LogP contribution < -0.4 is 5.73 Å². The van der Waals surface area contributed by atoms with E-state index in [0.717, 1.165) is 31.5 Å². The Bertz CT molecular complexity index is 625. The van der Waals surface area contributed by atoms with E-state index in [4.69, 9.17) is 5.73 Å². The number of rotatable bonds is 1. The first-order chi connectivity index (χ1) is 9.12. The summed E-state index contributed by atoms with van der Waals surface area (Å²) in [7, 11) is -3.51. The minimum Gasteiger partial charge on any atom is -0.355 e. The fourth-order valence-corrected chi connectivity index (χ4v) is 3.99. The molecule has 2 heterocycles. The van der Waals surface area contributed by atoms with Crippen molar-refractivity contribution in [2.45, 2.75) is 17.7 Å². The molecule has 1 fully saturated rings. The molecule has 0 aliphatic carbocycles. The first-order valence-electron chi connectivity index (χ1n) is 6.51. The number of amidine groups is 1. The molecule has 2 aliphatic heterocycles. The molecule has 0 radical (unpaired) electrons. The molecule has 102 valence electrons. The van der Waals surface area contributed by atoms with Gasteiger partial charge in [0.05, 0.1) is 0 Å². The van der Waals surface area contributed by atoms with Crippen LogP contribution >= 0.6 is 0 Å². The van der Waals surface area contributed by atoms with E-state index in [1.165, 1.54) is 0 Å². The molecule has 2 N–H and O–H groups in total. The molecule has 1 saturated heterocycles. The zero-order chi connectivity index (χ0) is 13.5. The van der Waals surface area contributed by atoms with Crippen molar-refractivity contribution in [1.82, 2.24) is 4.90 Å². The third-order valence-electron chi connectivity index (χ3n) is 3.76. The topological polar surface area (TPSA) is 75.8 Å². The maximum Gasteiger partial charge on any atom is 0.285 e. The van der Waals surface area contributed by atoms with Crippen LogP contribution in [0.4, 0.5) is 0 Å². The Morgan fingerprint density at radius 3 is 2.95 bits per heavy atom. The number of nitrogens with zero attached hydrogens (tertiary/aromatic N) is 2. The van der Waals surface area contributed by atoms with Gasteiger partial charge >= 0.3 is 0 Å². The van der Waals surface area contributed by atoms with E-state index in [-0.39, 0.29) is 0 Å². The van der Waals surface area contributed by atoms with Crippen LogP contribution in [0.3, 0.4) is 0 Å². The Morgan fingerprint density at radius 2 is 2.16 bits per heavy atom. The van der Waals surface area contributed by atoms with Crippen molar-refractivity contribution in [2.24, 2.45) is 16.0 Å². The Hall–Kier alpha value is -1.40. The van der Waals surface area contributed by atoms with Gasteiger partial charge in [0.15, 0.2) is 5.84 Å². The van der Waals surface area contributed by atoms with Gasteiger partial charge in [0.1, 0.15) is 4.90 Å². The van der Waals surface area contributed by atoms with Crippen molar-refractivity contribution >= 4 is 15.9 Å².